The molecule has 1 aromatic carbocycles. The monoisotopic (exact) mass is 403 g/mol. The van der Waals surface area contributed by atoms with Crippen molar-refractivity contribution in [1.82, 2.24) is 9.97 Å². The van der Waals surface area contributed by atoms with Crippen LogP contribution >= 0.6 is 39.1 Å². The van der Waals surface area contributed by atoms with Gasteiger partial charge >= 0.3 is 12.0 Å². The van der Waals surface area contributed by atoms with Gasteiger partial charge in [0.25, 0.3) is 0 Å². The number of nitro groups is 1. The highest BCUT2D eigenvalue weighted by atomic mass is 79.9. The second-order valence-corrected chi connectivity index (χ2v) is 5.36. The average Bonchev–Trinajstić information content (AvgIpc) is 2.69. The lowest BCUT2D eigenvalue weighted by Gasteiger charge is -2.09. The van der Waals surface area contributed by atoms with E-state index in [1.54, 1.807) is 0 Å². The molecule has 11 heteroatoms. The molecule has 1 aromatic heterocycles. The molecule has 0 saturated heterocycles. The molecule has 0 aliphatic heterocycles. The van der Waals surface area contributed by atoms with E-state index < -0.39 is 22.5 Å². The molecule has 0 aliphatic carbocycles. The molecule has 1 heterocycles. The highest BCUT2D eigenvalue weighted by Gasteiger charge is 2.33. The molecule has 5 nitrogen and oxygen atoms in total. The van der Waals surface area contributed by atoms with Crippen LogP contribution < -0.4 is 0 Å². The third-order valence-corrected chi connectivity index (χ3v) is 3.58. The molecule has 0 radical (unpaired) electrons. The first-order valence-corrected chi connectivity index (χ1v) is 6.62. The van der Waals surface area contributed by atoms with Crippen molar-refractivity contribution in [2.45, 2.75) is 6.18 Å². The number of alkyl halides is 3. The molecule has 0 bridgehead atoms. The quantitative estimate of drug-likeness (QED) is 0.560. The summed E-state index contributed by atoms with van der Waals surface area (Å²) in [4.78, 5) is 16.1. The Balaban J connectivity index is 2.60. The van der Waals surface area contributed by atoms with E-state index in [2.05, 4.69) is 25.9 Å². The van der Waals surface area contributed by atoms with Crippen molar-refractivity contribution in [3.8, 4) is 11.4 Å². The van der Waals surface area contributed by atoms with Crippen LogP contribution in [0.3, 0.4) is 0 Å². The van der Waals surface area contributed by atoms with Gasteiger partial charge < -0.3 is 10.1 Å². The first kappa shape index (κ1) is 16.1. The Morgan fingerprint density at radius 2 is 1.81 bits per heavy atom. The minimum atomic E-state index is -4.61. The summed E-state index contributed by atoms with van der Waals surface area (Å²) in [5.74, 6) is -0.575. The molecule has 0 unspecified atom stereocenters. The predicted molar refractivity (Wildman–Crippen MR) is 73.4 cm³/mol. The first-order chi connectivity index (χ1) is 9.61. The molecule has 0 amide bonds. The molecule has 0 atom stereocenters. The molecule has 2 rings (SSSR count). The van der Waals surface area contributed by atoms with Gasteiger partial charge in [-0.05, 0) is 33.0 Å². The van der Waals surface area contributed by atoms with E-state index in [1.165, 1.54) is 0 Å². The van der Waals surface area contributed by atoms with E-state index >= 15 is 0 Å². The summed E-state index contributed by atoms with van der Waals surface area (Å²) in [5.41, 5.74) is -1.08. The van der Waals surface area contributed by atoms with Crippen LogP contribution in [0.4, 0.5) is 19.0 Å². The van der Waals surface area contributed by atoms with Gasteiger partial charge in [-0.3, -0.25) is 0 Å². The third kappa shape index (κ3) is 3.14. The standard InChI is InChI=1S/C10H3BrCl2F3N3O2/c11-7-9(19(20)21)18-8(17-7)6-4(12)1-3(2-5(6)13)10(14,15)16/h1-2H,(H,17,18). The highest BCUT2D eigenvalue weighted by molar-refractivity contribution is 9.10. The Labute approximate surface area is 133 Å². The Morgan fingerprint density at radius 3 is 2.19 bits per heavy atom. The third-order valence-electron chi connectivity index (χ3n) is 2.43. The summed E-state index contributed by atoms with van der Waals surface area (Å²) in [6.45, 7) is 0. The van der Waals surface area contributed by atoms with Crippen molar-refractivity contribution in [3.63, 3.8) is 0 Å². The van der Waals surface area contributed by atoms with Crippen molar-refractivity contribution in [2.75, 3.05) is 0 Å². The van der Waals surface area contributed by atoms with E-state index in [0.717, 1.165) is 0 Å². The van der Waals surface area contributed by atoms with E-state index in [0.29, 0.717) is 12.1 Å². The number of H-pyrrole nitrogens is 1. The lowest BCUT2D eigenvalue weighted by Crippen LogP contribution is -2.05. The van der Waals surface area contributed by atoms with Crippen molar-refractivity contribution in [1.29, 1.82) is 0 Å². The summed E-state index contributed by atoms with van der Waals surface area (Å²) in [6.07, 6.45) is -4.61. The van der Waals surface area contributed by atoms with E-state index in [9.17, 15) is 23.3 Å². The number of aromatic amines is 1. The SMILES string of the molecule is O=[N+]([O-])c1[nH]c(-c2c(Cl)cc(C(F)(F)F)cc2Cl)nc1Br. The van der Waals surface area contributed by atoms with Crippen LogP contribution in [0.1, 0.15) is 5.56 Å². The number of aromatic nitrogens is 2. The van der Waals surface area contributed by atoms with Gasteiger partial charge in [0.05, 0.1) is 21.2 Å². The lowest BCUT2D eigenvalue weighted by molar-refractivity contribution is -0.390. The fraction of sp³-hybridized carbons (Fsp3) is 0.100. The predicted octanol–water partition coefficient (Wildman–Crippen LogP) is 5.07. The average molecular weight is 405 g/mol. The number of halogens is 6. The Hall–Kier alpha value is -1.32. The molecule has 0 aliphatic rings. The van der Waals surface area contributed by atoms with Crippen LogP contribution in [0.25, 0.3) is 11.4 Å². The van der Waals surface area contributed by atoms with Crippen LogP contribution in [0.5, 0.6) is 0 Å². The molecular weight excluding hydrogens is 402 g/mol. The normalized spacial score (nSPS) is 11.7. The zero-order valence-electron chi connectivity index (χ0n) is 9.63. The first-order valence-electron chi connectivity index (χ1n) is 5.07. The summed E-state index contributed by atoms with van der Waals surface area (Å²) in [7, 11) is 0. The maximum Gasteiger partial charge on any atom is 0.416 e. The van der Waals surface area contributed by atoms with Gasteiger partial charge in [0, 0.05) is 0 Å². The smallest absolute Gasteiger partial charge is 0.358 e. The van der Waals surface area contributed by atoms with Crippen LogP contribution in [-0.4, -0.2) is 14.9 Å². The minimum Gasteiger partial charge on any atom is -0.358 e. The zero-order chi connectivity index (χ0) is 15.9. The number of imidazole rings is 1. The molecule has 1 N–H and O–H groups in total. The van der Waals surface area contributed by atoms with Crippen LogP contribution in [0.15, 0.2) is 16.7 Å². The molecule has 2 aromatic rings. The topological polar surface area (TPSA) is 71.8 Å². The number of rotatable bonds is 2. The van der Waals surface area contributed by atoms with Gasteiger partial charge in [0.15, 0.2) is 0 Å². The molecule has 0 spiro atoms. The highest BCUT2D eigenvalue weighted by Crippen LogP contribution is 2.40. The number of nitrogens with one attached hydrogen (secondary N) is 1. The summed E-state index contributed by atoms with van der Waals surface area (Å²) < 4.78 is 37.7. The largest absolute Gasteiger partial charge is 0.416 e. The minimum absolute atomic E-state index is 0.0554. The zero-order valence-corrected chi connectivity index (χ0v) is 12.7. The summed E-state index contributed by atoms with van der Waals surface area (Å²) >= 11 is 14.4. The van der Waals surface area contributed by atoms with Gasteiger partial charge in [0.2, 0.25) is 10.4 Å². The van der Waals surface area contributed by atoms with E-state index in [-0.39, 0.29) is 26.0 Å². The van der Waals surface area contributed by atoms with Crippen molar-refractivity contribution in [2.24, 2.45) is 0 Å². The van der Waals surface area contributed by atoms with Gasteiger partial charge in [-0.1, -0.05) is 23.2 Å². The van der Waals surface area contributed by atoms with Gasteiger partial charge in [-0.15, -0.1) is 0 Å². The van der Waals surface area contributed by atoms with Crippen LogP contribution in [-0.2, 0) is 6.18 Å². The molecule has 21 heavy (non-hydrogen) atoms. The fourth-order valence-electron chi connectivity index (χ4n) is 1.55. The van der Waals surface area contributed by atoms with Gasteiger partial charge in [-0.2, -0.15) is 18.2 Å². The summed E-state index contributed by atoms with van der Waals surface area (Å²) in [6, 6.07) is 1.34. The Bertz CT molecular complexity index is 710. The fourth-order valence-corrected chi connectivity index (χ4v) is 2.63. The lowest BCUT2D eigenvalue weighted by atomic mass is 10.1. The van der Waals surface area contributed by atoms with Crippen molar-refractivity contribution < 1.29 is 18.1 Å². The summed E-state index contributed by atoms with van der Waals surface area (Å²) in [5, 5.41) is 10.1. The number of nitrogens with zero attached hydrogens (tertiary/aromatic N) is 2. The second kappa shape index (κ2) is 5.47. The van der Waals surface area contributed by atoms with E-state index in [1.807, 2.05) is 0 Å². The van der Waals surface area contributed by atoms with Crippen molar-refractivity contribution in [3.05, 3.63) is 42.5 Å². The number of benzene rings is 1. The molecular formula is C10H3BrCl2F3N3O2. The number of hydrogen-bond acceptors (Lipinski definition) is 3. The Kier molecular flexibility index (Phi) is 4.18. The molecule has 112 valence electrons. The molecule has 0 saturated carbocycles. The van der Waals surface area contributed by atoms with E-state index in [4.69, 9.17) is 23.2 Å². The van der Waals surface area contributed by atoms with Crippen molar-refractivity contribution >= 4 is 44.9 Å². The second-order valence-electron chi connectivity index (χ2n) is 3.79. The molecule has 0 fully saturated rings. The van der Waals surface area contributed by atoms with Crippen LogP contribution in [0, 0.1) is 10.1 Å². The number of hydrogen-bond donors (Lipinski definition) is 1. The maximum absolute atomic E-state index is 12.6. The van der Waals surface area contributed by atoms with Gasteiger partial charge in [0.1, 0.15) is 0 Å². The van der Waals surface area contributed by atoms with Crippen LogP contribution in [0.2, 0.25) is 10.0 Å². The maximum atomic E-state index is 12.6. The Morgan fingerprint density at radius 1 is 1.29 bits per heavy atom. The van der Waals surface area contributed by atoms with Gasteiger partial charge in [-0.25, -0.2) is 4.98 Å².